The molecule has 2 amide bonds. The number of nitrogens with zero attached hydrogens (tertiary/aromatic N) is 2. The summed E-state index contributed by atoms with van der Waals surface area (Å²) >= 11 is 3.31. The van der Waals surface area contributed by atoms with E-state index in [2.05, 4.69) is 26.2 Å². The van der Waals surface area contributed by atoms with Gasteiger partial charge in [-0.05, 0) is 67.1 Å². The number of hydrogen-bond acceptors (Lipinski definition) is 4. The van der Waals surface area contributed by atoms with E-state index in [-0.39, 0.29) is 17.7 Å². The van der Waals surface area contributed by atoms with Gasteiger partial charge in [-0.25, -0.2) is 9.78 Å². The summed E-state index contributed by atoms with van der Waals surface area (Å²) in [6.45, 7) is 11.9. The third-order valence-corrected chi connectivity index (χ3v) is 4.86. The van der Waals surface area contributed by atoms with Crippen LogP contribution in [0.5, 0.6) is 0 Å². The molecule has 0 unspecified atom stereocenters. The zero-order valence-corrected chi connectivity index (χ0v) is 17.2. The third-order valence-electron chi connectivity index (χ3n) is 4.42. The van der Waals surface area contributed by atoms with E-state index in [4.69, 9.17) is 4.74 Å². The van der Waals surface area contributed by atoms with Gasteiger partial charge in [0.1, 0.15) is 22.1 Å². The predicted octanol–water partition coefficient (Wildman–Crippen LogP) is 3.98. The second-order valence-electron chi connectivity index (χ2n) is 7.70. The number of carbonyl (C=O) groups excluding carboxylic acids is 2. The highest BCUT2D eigenvalue weighted by Gasteiger charge is 2.45. The van der Waals surface area contributed by atoms with Crippen LogP contribution in [0.4, 0.5) is 10.6 Å². The van der Waals surface area contributed by atoms with Crippen molar-refractivity contribution in [3.05, 3.63) is 22.3 Å². The van der Waals surface area contributed by atoms with E-state index in [0.29, 0.717) is 17.0 Å². The van der Waals surface area contributed by atoms with Gasteiger partial charge >= 0.3 is 6.09 Å². The molecule has 1 aromatic rings. The van der Waals surface area contributed by atoms with E-state index in [9.17, 15) is 9.59 Å². The number of aromatic nitrogens is 1. The lowest BCUT2D eigenvalue weighted by Gasteiger charge is -2.29. The first-order valence-electron chi connectivity index (χ1n) is 8.43. The number of anilines is 1. The molecule has 1 fully saturated rings. The number of rotatable bonds is 2. The molecule has 2 rings (SSSR count). The maximum absolute atomic E-state index is 12.9. The second-order valence-corrected chi connectivity index (χ2v) is 8.52. The van der Waals surface area contributed by atoms with Gasteiger partial charge in [-0.2, -0.15) is 0 Å². The van der Waals surface area contributed by atoms with Crippen LogP contribution >= 0.6 is 15.9 Å². The Balaban J connectivity index is 2.22. The summed E-state index contributed by atoms with van der Waals surface area (Å²) in [5.41, 5.74) is 0.259. The van der Waals surface area contributed by atoms with Crippen LogP contribution in [0, 0.1) is 18.8 Å². The summed E-state index contributed by atoms with van der Waals surface area (Å²) in [5.74, 6) is 0.492. The van der Waals surface area contributed by atoms with Gasteiger partial charge in [-0.1, -0.05) is 19.9 Å². The molecule has 6 nitrogen and oxygen atoms in total. The highest BCUT2D eigenvalue weighted by Crippen LogP contribution is 2.31. The Hall–Kier alpha value is -1.63. The zero-order valence-electron chi connectivity index (χ0n) is 15.6. The largest absolute Gasteiger partial charge is 0.444 e. The highest BCUT2D eigenvalue weighted by molar-refractivity contribution is 9.10. The van der Waals surface area contributed by atoms with E-state index in [0.717, 1.165) is 5.56 Å². The molecule has 0 aromatic carbocycles. The predicted molar refractivity (Wildman–Crippen MR) is 100 cm³/mol. The number of carbonyl (C=O) groups is 2. The van der Waals surface area contributed by atoms with E-state index in [1.807, 2.05) is 53.7 Å². The summed E-state index contributed by atoms with van der Waals surface area (Å²) in [5, 5.41) is 2.86. The minimum Gasteiger partial charge on any atom is -0.444 e. The first-order chi connectivity index (χ1) is 11.5. The minimum atomic E-state index is -0.602. The summed E-state index contributed by atoms with van der Waals surface area (Å²) in [4.78, 5) is 31.3. The number of halogens is 1. The van der Waals surface area contributed by atoms with Crippen molar-refractivity contribution in [3.63, 3.8) is 0 Å². The standard InChI is InChI=1S/C18H26BrN3O3/c1-10-7-8-13(19)20-15(10)21-16(23)14-12(3)11(2)9-22(14)17(24)25-18(4,5)6/h7-8,11-12,14H,9H2,1-6H3,(H,20,21,23)/t11-,12-,14+/m1/s1. The average Bonchev–Trinajstić information content (AvgIpc) is 2.77. The van der Waals surface area contributed by atoms with Gasteiger partial charge in [0, 0.05) is 6.54 Å². The lowest BCUT2D eigenvalue weighted by atomic mass is 9.93. The van der Waals surface area contributed by atoms with Gasteiger partial charge in [0.25, 0.3) is 0 Å². The van der Waals surface area contributed by atoms with Gasteiger partial charge in [0.15, 0.2) is 0 Å². The second kappa shape index (κ2) is 7.32. The molecule has 0 radical (unpaired) electrons. The molecule has 0 spiro atoms. The van der Waals surface area contributed by atoms with Crippen molar-refractivity contribution in [2.75, 3.05) is 11.9 Å². The summed E-state index contributed by atoms with van der Waals surface area (Å²) in [7, 11) is 0. The van der Waals surface area contributed by atoms with Crippen LogP contribution in [0.15, 0.2) is 16.7 Å². The Bertz CT molecular complexity index is 672. The van der Waals surface area contributed by atoms with Gasteiger partial charge in [-0.15, -0.1) is 0 Å². The van der Waals surface area contributed by atoms with Gasteiger partial charge in [0.2, 0.25) is 5.91 Å². The fourth-order valence-corrected chi connectivity index (χ4v) is 3.21. The van der Waals surface area contributed by atoms with E-state index >= 15 is 0 Å². The monoisotopic (exact) mass is 411 g/mol. The van der Waals surface area contributed by atoms with Crippen molar-refractivity contribution in [2.24, 2.45) is 11.8 Å². The number of hydrogen-bond donors (Lipinski definition) is 1. The van der Waals surface area contributed by atoms with E-state index < -0.39 is 17.7 Å². The van der Waals surface area contributed by atoms with Crippen LogP contribution in [-0.4, -0.2) is 40.1 Å². The summed E-state index contributed by atoms with van der Waals surface area (Å²) in [6.07, 6.45) is -0.456. The zero-order chi connectivity index (χ0) is 18.9. The molecule has 0 saturated carbocycles. The number of ether oxygens (including phenoxy) is 1. The van der Waals surface area contributed by atoms with Crippen molar-refractivity contribution in [1.82, 2.24) is 9.88 Å². The third kappa shape index (κ3) is 4.71. The molecule has 138 valence electrons. The SMILES string of the molecule is Cc1ccc(Br)nc1NC(=O)[C@@H]1[C@H](C)[C@H](C)CN1C(=O)OC(C)(C)C. The smallest absolute Gasteiger partial charge is 0.410 e. The molecule has 0 aliphatic carbocycles. The van der Waals surface area contributed by atoms with Crippen molar-refractivity contribution >= 4 is 33.7 Å². The molecule has 1 saturated heterocycles. The summed E-state index contributed by atoms with van der Waals surface area (Å²) in [6, 6.07) is 3.11. The highest BCUT2D eigenvalue weighted by atomic mass is 79.9. The van der Waals surface area contributed by atoms with Gasteiger partial charge < -0.3 is 10.1 Å². The average molecular weight is 412 g/mol. The molecule has 2 heterocycles. The molecular formula is C18H26BrN3O3. The van der Waals surface area contributed by atoms with E-state index in [1.165, 1.54) is 4.90 Å². The molecule has 0 bridgehead atoms. The lowest BCUT2D eigenvalue weighted by Crippen LogP contribution is -2.47. The number of likely N-dealkylation sites (tertiary alicyclic amines) is 1. The molecule has 1 aromatic heterocycles. The van der Waals surface area contributed by atoms with Crippen molar-refractivity contribution in [1.29, 1.82) is 0 Å². The van der Waals surface area contributed by atoms with Crippen molar-refractivity contribution in [3.8, 4) is 0 Å². The number of nitrogens with one attached hydrogen (secondary N) is 1. The van der Waals surface area contributed by atoms with Gasteiger partial charge in [0.05, 0.1) is 0 Å². The Kier molecular flexibility index (Phi) is 5.76. The van der Waals surface area contributed by atoms with Crippen LogP contribution in [0.25, 0.3) is 0 Å². The Morgan fingerprint density at radius 3 is 2.56 bits per heavy atom. The normalized spacial score (nSPS) is 23.5. The molecular weight excluding hydrogens is 386 g/mol. The number of pyridine rings is 1. The van der Waals surface area contributed by atoms with Crippen LogP contribution < -0.4 is 5.32 Å². The Morgan fingerprint density at radius 1 is 1.32 bits per heavy atom. The fraction of sp³-hybridized carbons (Fsp3) is 0.611. The maximum atomic E-state index is 12.9. The first-order valence-corrected chi connectivity index (χ1v) is 9.22. The fourth-order valence-electron chi connectivity index (χ4n) is 2.90. The Morgan fingerprint density at radius 2 is 1.96 bits per heavy atom. The number of aryl methyl sites for hydroxylation is 1. The maximum Gasteiger partial charge on any atom is 0.410 e. The molecule has 1 aliphatic heterocycles. The van der Waals surface area contributed by atoms with Crippen LogP contribution in [0.2, 0.25) is 0 Å². The van der Waals surface area contributed by atoms with Crippen LogP contribution in [0.3, 0.4) is 0 Å². The molecule has 1 aliphatic rings. The number of amides is 2. The molecule has 7 heteroatoms. The lowest BCUT2D eigenvalue weighted by molar-refractivity contribution is -0.121. The van der Waals surface area contributed by atoms with Crippen LogP contribution in [-0.2, 0) is 9.53 Å². The Labute approximate surface area is 157 Å². The molecule has 3 atom stereocenters. The molecule has 1 N–H and O–H groups in total. The summed E-state index contributed by atoms with van der Waals surface area (Å²) < 4.78 is 6.12. The van der Waals surface area contributed by atoms with Crippen molar-refractivity contribution in [2.45, 2.75) is 53.2 Å². The minimum absolute atomic E-state index is 0.0278. The topological polar surface area (TPSA) is 71.5 Å². The quantitative estimate of drug-likeness (QED) is 0.746. The van der Waals surface area contributed by atoms with Gasteiger partial charge in [-0.3, -0.25) is 9.69 Å². The van der Waals surface area contributed by atoms with Crippen molar-refractivity contribution < 1.29 is 14.3 Å². The first kappa shape index (κ1) is 19.7. The van der Waals surface area contributed by atoms with E-state index in [1.54, 1.807) is 0 Å². The molecule has 25 heavy (non-hydrogen) atoms. The van der Waals surface area contributed by atoms with Crippen LogP contribution in [0.1, 0.15) is 40.2 Å².